The number of halogens is 1. The van der Waals surface area contributed by atoms with E-state index in [1.165, 1.54) is 11.8 Å². The van der Waals surface area contributed by atoms with Crippen LogP contribution in [0.2, 0.25) is 5.02 Å². The molecule has 26 heavy (non-hydrogen) atoms. The normalized spacial score (nSPS) is 12.6. The second-order valence-corrected chi connectivity index (χ2v) is 6.69. The largest absolute Gasteiger partial charge is 0.482 e. The lowest BCUT2D eigenvalue weighted by molar-refractivity contribution is -0.123. The minimum absolute atomic E-state index is 0.120. The SMILES string of the molecule is O=C(COc1ccccc1Cl)NNC(=O)c1ccc2c(c1)NC(=O)CS2. The lowest BCUT2D eigenvalue weighted by atomic mass is 10.2. The van der Waals surface area contributed by atoms with E-state index in [-0.39, 0.29) is 12.5 Å². The highest BCUT2D eigenvalue weighted by molar-refractivity contribution is 8.00. The number of ether oxygens (including phenoxy) is 1. The molecule has 3 amide bonds. The molecule has 1 heterocycles. The van der Waals surface area contributed by atoms with Crippen LogP contribution in [0.25, 0.3) is 0 Å². The van der Waals surface area contributed by atoms with Gasteiger partial charge in [-0.1, -0.05) is 23.7 Å². The molecule has 3 N–H and O–H groups in total. The average molecular weight is 392 g/mol. The first-order valence-electron chi connectivity index (χ1n) is 7.56. The number of carbonyl (C=O) groups excluding carboxylic acids is 3. The van der Waals surface area contributed by atoms with Crippen LogP contribution >= 0.6 is 23.4 Å². The van der Waals surface area contributed by atoms with Crippen molar-refractivity contribution in [2.75, 3.05) is 17.7 Å². The van der Waals surface area contributed by atoms with Gasteiger partial charge >= 0.3 is 0 Å². The van der Waals surface area contributed by atoms with Crippen molar-refractivity contribution in [1.29, 1.82) is 0 Å². The molecule has 0 aromatic heterocycles. The fraction of sp³-hybridized carbons (Fsp3) is 0.118. The average Bonchev–Trinajstić information content (AvgIpc) is 2.64. The second kappa shape index (κ2) is 8.11. The maximum Gasteiger partial charge on any atom is 0.276 e. The quantitative estimate of drug-likeness (QED) is 0.694. The molecular formula is C17H14ClN3O4S. The second-order valence-electron chi connectivity index (χ2n) is 5.27. The summed E-state index contributed by atoms with van der Waals surface area (Å²) in [5.74, 6) is -0.451. The van der Waals surface area contributed by atoms with Crippen molar-refractivity contribution < 1.29 is 19.1 Å². The van der Waals surface area contributed by atoms with Crippen LogP contribution in [0.1, 0.15) is 10.4 Å². The lowest BCUT2D eigenvalue weighted by Crippen LogP contribution is -2.43. The van der Waals surface area contributed by atoms with Crippen molar-refractivity contribution >= 4 is 46.8 Å². The van der Waals surface area contributed by atoms with Gasteiger partial charge in [-0.2, -0.15) is 0 Å². The van der Waals surface area contributed by atoms with Crippen LogP contribution in [0.15, 0.2) is 47.4 Å². The number of carbonyl (C=O) groups is 3. The zero-order valence-corrected chi connectivity index (χ0v) is 14.9. The number of hydrogen-bond acceptors (Lipinski definition) is 5. The highest BCUT2D eigenvalue weighted by atomic mass is 35.5. The van der Waals surface area contributed by atoms with Crippen LogP contribution in [0.3, 0.4) is 0 Å². The Labute approximate surface area is 158 Å². The van der Waals surface area contributed by atoms with E-state index in [9.17, 15) is 14.4 Å². The topological polar surface area (TPSA) is 96.5 Å². The Balaban J connectivity index is 1.52. The predicted molar refractivity (Wildman–Crippen MR) is 98.4 cm³/mol. The van der Waals surface area contributed by atoms with Gasteiger partial charge in [0.1, 0.15) is 5.75 Å². The van der Waals surface area contributed by atoms with Crippen LogP contribution in [0.5, 0.6) is 5.75 Å². The number of fused-ring (bicyclic) bond motifs is 1. The molecule has 2 aromatic rings. The Bertz CT molecular complexity index is 875. The van der Waals surface area contributed by atoms with Crippen LogP contribution in [-0.2, 0) is 9.59 Å². The molecule has 0 radical (unpaired) electrons. The van der Waals surface area contributed by atoms with Gasteiger partial charge in [0.05, 0.1) is 16.5 Å². The van der Waals surface area contributed by atoms with Crippen LogP contribution in [-0.4, -0.2) is 30.1 Å². The van der Waals surface area contributed by atoms with Crippen molar-refractivity contribution in [1.82, 2.24) is 10.9 Å². The summed E-state index contributed by atoms with van der Waals surface area (Å²) in [6, 6.07) is 11.7. The van der Waals surface area contributed by atoms with Gasteiger partial charge in [-0.15, -0.1) is 11.8 Å². The summed E-state index contributed by atoms with van der Waals surface area (Å²) in [6.07, 6.45) is 0. The molecule has 9 heteroatoms. The van der Waals surface area contributed by atoms with Gasteiger partial charge in [-0.25, -0.2) is 0 Å². The molecule has 0 spiro atoms. The molecule has 0 saturated heterocycles. The van der Waals surface area contributed by atoms with E-state index in [4.69, 9.17) is 16.3 Å². The summed E-state index contributed by atoms with van der Waals surface area (Å²) in [5, 5.41) is 3.09. The zero-order valence-electron chi connectivity index (χ0n) is 13.4. The van der Waals surface area contributed by atoms with Crippen LogP contribution < -0.4 is 20.9 Å². The van der Waals surface area contributed by atoms with Gasteiger partial charge in [0.15, 0.2) is 6.61 Å². The molecule has 134 valence electrons. The molecule has 0 atom stereocenters. The molecule has 0 aliphatic carbocycles. The molecular weight excluding hydrogens is 378 g/mol. The Morgan fingerprint density at radius 2 is 2.00 bits per heavy atom. The Morgan fingerprint density at radius 3 is 2.81 bits per heavy atom. The summed E-state index contributed by atoms with van der Waals surface area (Å²) in [4.78, 5) is 36.2. The first-order chi connectivity index (χ1) is 12.5. The third kappa shape index (κ3) is 4.47. The Kier molecular flexibility index (Phi) is 5.65. The fourth-order valence-electron chi connectivity index (χ4n) is 2.16. The molecule has 0 saturated carbocycles. The number of benzene rings is 2. The smallest absolute Gasteiger partial charge is 0.276 e. The van der Waals surface area contributed by atoms with E-state index in [0.717, 1.165) is 4.90 Å². The standard InChI is InChI=1S/C17H14ClN3O4S/c18-11-3-1-2-4-13(11)25-8-15(22)20-21-17(24)10-5-6-14-12(7-10)19-16(23)9-26-14/h1-7H,8-9H2,(H,19,23)(H,20,22)(H,21,24). The highest BCUT2D eigenvalue weighted by Crippen LogP contribution is 2.31. The van der Waals surface area contributed by atoms with Crippen LogP contribution in [0.4, 0.5) is 5.69 Å². The van der Waals surface area contributed by atoms with Gasteiger partial charge in [0.25, 0.3) is 11.8 Å². The van der Waals surface area contributed by atoms with Gasteiger partial charge in [0, 0.05) is 10.5 Å². The van der Waals surface area contributed by atoms with Crippen molar-refractivity contribution in [3.05, 3.63) is 53.1 Å². The highest BCUT2D eigenvalue weighted by Gasteiger charge is 2.17. The molecule has 1 aliphatic rings. The van der Waals surface area contributed by atoms with Crippen molar-refractivity contribution in [2.45, 2.75) is 4.90 Å². The molecule has 2 aromatic carbocycles. The summed E-state index contributed by atoms with van der Waals surface area (Å²) in [7, 11) is 0. The zero-order chi connectivity index (χ0) is 18.5. The maximum atomic E-state index is 12.1. The first kappa shape index (κ1) is 18.1. The van der Waals surface area contributed by atoms with Crippen LogP contribution in [0, 0.1) is 0 Å². The van der Waals surface area contributed by atoms with Gasteiger partial charge in [-0.05, 0) is 30.3 Å². The van der Waals surface area contributed by atoms with E-state index in [0.29, 0.717) is 27.8 Å². The summed E-state index contributed by atoms with van der Waals surface area (Å²) in [5.41, 5.74) is 5.44. The molecule has 0 unspecified atom stereocenters. The number of hydrazine groups is 1. The summed E-state index contributed by atoms with van der Waals surface area (Å²) >= 11 is 7.33. The molecule has 3 rings (SSSR count). The minimum atomic E-state index is -0.542. The summed E-state index contributed by atoms with van der Waals surface area (Å²) in [6.45, 7) is -0.305. The van der Waals surface area contributed by atoms with E-state index < -0.39 is 11.8 Å². The fourth-order valence-corrected chi connectivity index (χ4v) is 3.14. The first-order valence-corrected chi connectivity index (χ1v) is 8.92. The van der Waals surface area contributed by atoms with Gasteiger partial charge < -0.3 is 10.1 Å². The van der Waals surface area contributed by atoms with E-state index in [1.54, 1.807) is 42.5 Å². The number of amides is 3. The number of nitrogens with one attached hydrogen (secondary N) is 3. The molecule has 0 bridgehead atoms. The number of para-hydroxylation sites is 1. The number of rotatable bonds is 4. The Morgan fingerprint density at radius 1 is 1.19 bits per heavy atom. The van der Waals surface area contributed by atoms with Crippen molar-refractivity contribution in [3.8, 4) is 5.75 Å². The number of hydrogen-bond donors (Lipinski definition) is 3. The van der Waals surface area contributed by atoms with Gasteiger partial charge in [-0.3, -0.25) is 25.2 Å². The van der Waals surface area contributed by atoms with Crippen molar-refractivity contribution in [2.24, 2.45) is 0 Å². The number of thioether (sulfide) groups is 1. The van der Waals surface area contributed by atoms with E-state index in [2.05, 4.69) is 16.2 Å². The molecule has 1 aliphatic heterocycles. The van der Waals surface area contributed by atoms with E-state index in [1.807, 2.05) is 0 Å². The third-order valence-corrected chi connectivity index (χ3v) is 4.77. The minimum Gasteiger partial charge on any atom is -0.482 e. The lowest BCUT2D eigenvalue weighted by Gasteiger charge is -2.17. The summed E-state index contributed by atoms with van der Waals surface area (Å²) < 4.78 is 5.28. The van der Waals surface area contributed by atoms with E-state index >= 15 is 0 Å². The van der Waals surface area contributed by atoms with Crippen molar-refractivity contribution in [3.63, 3.8) is 0 Å². The predicted octanol–water partition coefficient (Wildman–Crippen LogP) is 2.22. The number of anilines is 1. The Hall–Kier alpha value is -2.71. The molecule has 0 fully saturated rings. The third-order valence-electron chi connectivity index (χ3n) is 3.39. The molecule has 7 nitrogen and oxygen atoms in total. The van der Waals surface area contributed by atoms with Gasteiger partial charge in [0.2, 0.25) is 5.91 Å². The maximum absolute atomic E-state index is 12.1. The monoisotopic (exact) mass is 391 g/mol.